The SMILES string of the molecule is N#Cc1c(-c2cccnc2)c(-n2c3ccc(-c4ccccc4)cc3c3cc(-c4ccccc4)ccc32)c(-c2cccnc2)c(-n2c3ccc(-c4ccccc4)cc3c3cc(-c4ccccc4)ccc32)c1-c1cccnc1. The Morgan fingerprint density at radius 2 is 0.553 bits per heavy atom. The van der Waals surface area contributed by atoms with Gasteiger partial charge in [0.15, 0.2) is 0 Å². The maximum atomic E-state index is 12.2. The van der Waals surface area contributed by atoms with Crippen LogP contribution in [0.1, 0.15) is 5.56 Å². The van der Waals surface area contributed by atoms with Crippen LogP contribution in [0.5, 0.6) is 0 Å². The van der Waals surface area contributed by atoms with Crippen molar-refractivity contribution in [3.8, 4) is 95.3 Å². The minimum Gasteiger partial charge on any atom is -0.308 e. The molecular weight excluding hydrogens is 925 g/mol. The van der Waals surface area contributed by atoms with Gasteiger partial charge < -0.3 is 9.13 Å². The molecule has 0 radical (unpaired) electrons. The second-order valence-corrected chi connectivity index (χ2v) is 19.1. The summed E-state index contributed by atoms with van der Waals surface area (Å²) in [5.41, 5.74) is 19.9. The van der Waals surface area contributed by atoms with Gasteiger partial charge >= 0.3 is 0 Å². The van der Waals surface area contributed by atoms with E-state index in [-0.39, 0.29) is 0 Å². The van der Waals surface area contributed by atoms with Crippen LogP contribution in [0.15, 0.2) is 268 Å². The number of nitrogens with zero attached hydrogens (tertiary/aromatic N) is 6. The summed E-state index contributed by atoms with van der Waals surface area (Å²) in [6.07, 6.45) is 11.1. The number of rotatable bonds is 9. The van der Waals surface area contributed by atoms with E-state index in [1.54, 1.807) is 12.4 Å². The van der Waals surface area contributed by atoms with Gasteiger partial charge in [0.1, 0.15) is 6.07 Å². The summed E-state index contributed by atoms with van der Waals surface area (Å²) in [7, 11) is 0. The minimum absolute atomic E-state index is 0.493. The van der Waals surface area contributed by atoms with Crippen LogP contribution in [0, 0.1) is 11.3 Å². The van der Waals surface area contributed by atoms with Crippen molar-refractivity contribution >= 4 is 43.6 Å². The molecule has 5 heterocycles. The van der Waals surface area contributed by atoms with Gasteiger partial charge in [0, 0.05) is 92.1 Å². The molecule has 0 unspecified atom stereocenters. The normalized spacial score (nSPS) is 11.4. The van der Waals surface area contributed by atoms with Crippen LogP contribution in [0.25, 0.3) is 133 Å². The maximum absolute atomic E-state index is 12.2. The monoisotopic (exact) mass is 968 g/mol. The van der Waals surface area contributed by atoms with Crippen LogP contribution in [0.4, 0.5) is 0 Å². The molecule has 0 atom stereocenters. The van der Waals surface area contributed by atoms with E-state index < -0.39 is 0 Å². The lowest BCUT2D eigenvalue weighted by atomic mass is 9.84. The van der Waals surface area contributed by atoms with Crippen LogP contribution >= 0.6 is 0 Å². The summed E-state index contributed by atoms with van der Waals surface area (Å²) in [4.78, 5) is 14.4. The zero-order chi connectivity index (χ0) is 50.5. The third kappa shape index (κ3) is 7.37. The van der Waals surface area contributed by atoms with Crippen molar-refractivity contribution in [1.82, 2.24) is 24.1 Å². The Balaban J connectivity index is 1.21. The summed E-state index contributed by atoms with van der Waals surface area (Å²) < 4.78 is 4.79. The molecule has 6 nitrogen and oxygen atoms in total. The Labute approximate surface area is 439 Å². The number of pyridine rings is 3. The minimum atomic E-state index is 0.493. The molecule has 0 aliphatic heterocycles. The summed E-state index contributed by atoms with van der Waals surface area (Å²) in [5.74, 6) is 0. The second-order valence-electron chi connectivity index (χ2n) is 19.1. The van der Waals surface area contributed by atoms with Crippen molar-refractivity contribution < 1.29 is 0 Å². The van der Waals surface area contributed by atoms with E-state index in [2.05, 4.69) is 228 Å². The summed E-state index contributed by atoms with van der Waals surface area (Å²) >= 11 is 0. The molecule has 0 saturated heterocycles. The van der Waals surface area contributed by atoms with Gasteiger partial charge in [-0.15, -0.1) is 0 Å². The summed E-state index contributed by atoms with van der Waals surface area (Å²) in [5, 5.41) is 16.5. The highest BCUT2D eigenvalue weighted by Gasteiger charge is 2.33. The zero-order valence-electron chi connectivity index (χ0n) is 41.1. The van der Waals surface area contributed by atoms with Gasteiger partial charge in [-0.25, -0.2) is 0 Å². The van der Waals surface area contributed by atoms with Crippen molar-refractivity contribution in [3.05, 3.63) is 273 Å². The van der Waals surface area contributed by atoms with Gasteiger partial charge in [0.25, 0.3) is 0 Å². The molecule has 14 aromatic rings. The van der Waals surface area contributed by atoms with Gasteiger partial charge in [0.2, 0.25) is 0 Å². The molecule has 9 aromatic carbocycles. The number of aromatic nitrogens is 5. The van der Waals surface area contributed by atoms with Gasteiger partial charge in [-0.2, -0.15) is 5.26 Å². The van der Waals surface area contributed by atoms with Gasteiger partial charge in [-0.05, 0) is 111 Å². The first kappa shape index (κ1) is 44.2. The van der Waals surface area contributed by atoms with E-state index in [9.17, 15) is 5.26 Å². The first-order valence-corrected chi connectivity index (χ1v) is 25.4. The Kier molecular flexibility index (Phi) is 10.8. The molecule has 76 heavy (non-hydrogen) atoms. The molecule has 0 N–H and O–H groups in total. The molecule has 0 saturated carbocycles. The van der Waals surface area contributed by atoms with Crippen LogP contribution in [0.2, 0.25) is 0 Å². The molecule has 14 rings (SSSR count). The first-order valence-electron chi connectivity index (χ1n) is 25.4. The lowest BCUT2D eigenvalue weighted by Crippen LogP contribution is -2.11. The van der Waals surface area contributed by atoms with Gasteiger partial charge in [0.05, 0.1) is 39.0 Å². The number of nitriles is 1. The third-order valence-corrected chi connectivity index (χ3v) is 14.8. The average molecular weight is 969 g/mol. The van der Waals surface area contributed by atoms with E-state index in [0.29, 0.717) is 5.56 Å². The number of fused-ring (bicyclic) bond motifs is 6. The molecular formula is C70H44N6. The van der Waals surface area contributed by atoms with Crippen LogP contribution in [0.3, 0.4) is 0 Å². The fraction of sp³-hybridized carbons (Fsp3) is 0. The van der Waals surface area contributed by atoms with Crippen molar-refractivity contribution in [1.29, 1.82) is 5.26 Å². The molecule has 6 heteroatoms. The predicted molar refractivity (Wildman–Crippen MR) is 311 cm³/mol. The highest BCUT2D eigenvalue weighted by atomic mass is 15.0. The largest absolute Gasteiger partial charge is 0.308 e. The average Bonchev–Trinajstić information content (AvgIpc) is 4.18. The fourth-order valence-corrected chi connectivity index (χ4v) is 11.4. The van der Waals surface area contributed by atoms with Gasteiger partial charge in [-0.3, -0.25) is 15.0 Å². The van der Waals surface area contributed by atoms with Gasteiger partial charge in [-0.1, -0.05) is 164 Å². The van der Waals surface area contributed by atoms with Crippen LogP contribution in [-0.2, 0) is 0 Å². The summed E-state index contributed by atoms with van der Waals surface area (Å²) in [6.45, 7) is 0. The quantitative estimate of drug-likeness (QED) is 0.144. The number of hydrogen-bond acceptors (Lipinski definition) is 4. The molecule has 0 amide bonds. The Hall–Kier alpha value is -10.5. The molecule has 0 fully saturated rings. The van der Waals surface area contributed by atoms with E-state index in [0.717, 1.165) is 133 Å². The molecule has 0 aliphatic carbocycles. The molecule has 0 bridgehead atoms. The maximum Gasteiger partial charge on any atom is 0.101 e. The zero-order valence-corrected chi connectivity index (χ0v) is 41.1. The van der Waals surface area contributed by atoms with Crippen molar-refractivity contribution in [2.24, 2.45) is 0 Å². The molecule has 354 valence electrons. The topological polar surface area (TPSA) is 72.3 Å². The van der Waals surface area contributed by atoms with Crippen LogP contribution < -0.4 is 0 Å². The lowest BCUT2D eigenvalue weighted by Gasteiger charge is -2.27. The highest BCUT2D eigenvalue weighted by molar-refractivity contribution is 6.17. The van der Waals surface area contributed by atoms with E-state index in [4.69, 9.17) is 15.0 Å². The van der Waals surface area contributed by atoms with Crippen molar-refractivity contribution in [3.63, 3.8) is 0 Å². The number of benzene rings is 9. The van der Waals surface area contributed by atoms with Crippen molar-refractivity contribution in [2.75, 3.05) is 0 Å². The second kappa shape index (κ2) is 18.5. The standard InChI is InChI=1S/C70H44N6/c71-42-61-66(54-24-13-35-72-43-54)69(75-62-31-27-50(46-16-5-1-6-17-46)38-57(62)58-39-51(28-32-63(58)75)47-18-7-2-8-19-47)68(56-26-15-37-74-45-56)70(67(61)55-25-14-36-73-44-55)76-64-33-29-52(48-20-9-3-10-21-48)40-59(64)60-41-53(30-34-65(60)76)49-22-11-4-12-23-49/h1-41,43-45H. The highest BCUT2D eigenvalue weighted by Crippen LogP contribution is 2.52. The Morgan fingerprint density at radius 1 is 0.276 bits per heavy atom. The molecule has 5 aromatic heterocycles. The predicted octanol–water partition coefficient (Wildman–Crippen LogP) is 17.6. The smallest absolute Gasteiger partial charge is 0.101 e. The van der Waals surface area contributed by atoms with Crippen molar-refractivity contribution in [2.45, 2.75) is 0 Å². The number of hydrogen-bond donors (Lipinski definition) is 0. The lowest BCUT2D eigenvalue weighted by molar-refractivity contribution is 1.13. The first-order chi connectivity index (χ1) is 37.7. The van der Waals surface area contributed by atoms with E-state index >= 15 is 0 Å². The van der Waals surface area contributed by atoms with Crippen LogP contribution in [-0.4, -0.2) is 24.1 Å². The Morgan fingerprint density at radius 3 is 0.816 bits per heavy atom. The Bertz CT molecular complexity index is 4070. The molecule has 0 spiro atoms. The fourth-order valence-electron chi connectivity index (χ4n) is 11.4. The third-order valence-electron chi connectivity index (χ3n) is 14.8. The van der Waals surface area contributed by atoms with E-state index in [1.807, 2.05) is 43.0 Å². The summed E-state index contributed by atoms with van der Waals surface area (Å²) in [6, 6.07) is 84.4. The molecule has 0 aliphatic rings. The van der Waals surface area contributed by atoms with E-state index in [1.165, 1.54) is 0 Å².